The Balaban J connectivity index is 2.11. The van der Waals surface area contributed by atoms with E-state index in [4.69, 9.17) is 5.11 Å². The van der Waals surface area contributed by atoms with Crippen LogP contribution in [0.2, 0.25) is 0 Å². The van der Waals surface area contributed by atoms with Gasteiger partial charge < -0.3 is 9.66 Å². The number of hydrogen-bond acceptors (Lipinski definition) is 4. The SMILES string of the molecule is CN1c2ccc(C(=O)O)cc2C(=O)/C(=C/c2ccc(F)c(F)c2)[S+]1[O-]. The van der Waals surface area contributed by atoms with Crippen molar-refractivity contribution < 1.29 is 28.0 Å². The third kappa shape index (κ3) is 3.01. The molecule has 1 heterocycles. The number of rotatable bonds is 2. The topological polar surface area (TPSA) is 80.7 Å². The standard InChI is InChI=1S/C17H11F2NO4S/c1-20-14-5-3-10(17(22)23)8-11(14)16(21)15(25(20)24)7-9-2-4-12(18)13(19)6-9/h2-8H,1H3,(H,22,23)/b15-7-. The number of carbonyl (C=O) groups is 2. The second-order valence-corrected chi connectivity index (χ2v) is 6.78. The fourth-order valence-electron chi connectivity index (χ4n) is 2.44. The first-order valence-electron chi connectivity index (χ1n) is 7.04. The fourth-order valence-corrected chi connectivity index (χ4v) is 3.58. The molecule has 2 aromatic carbocycles. The highest BCUT2D eigenvalue weighted by Crippen LogP contribution is 2.35. The van der Waals surface area contributed by atoms with Crippen molar-refractivity contribution in [1.82, 2.24) is 0 Å². The molecule has 0 fully saturated rings. The van der Waals surface area contributed by atoms with Crippen LogP contribution < -0.4 is 4.31 Å². The summed E-state index contributed by atoms with van der Waals surface area (Å²) in [7, 11) is 1.49. The van der Waals surface area contributed by atoms with Crippen LogP contribution >= 0.6 is 0 Å². The summed E-state index contributed by atoms with van der Waals surface area (Å²) >= 11 is -1.86. The summed E-state index contributed by atoms with van der Waals surface area (Å²) in [5.41, 5.74) is 0.494. The first-order valence-corrected chi connectivity index (χ1v) is 8.14. The highest BCUT2D eigenvalue weighted by molar-refractivity contribution is 7.97. The van der Waals surface area contributed by atoms with Gasteiger partial charge in [-0.2, -0.15) is 4.31 Å². The smallest absolute Gasteiger partial charge is 0.335 e. The molecule has 3 rings (SSSR count). The molecule has 1 atom stereocenters. The van der Waals surface area contributed by atoms with Gasteiger partial charge in [-0.25, -0.2) is 13.6 Å². The van der Waals surface area contributed by atoms with Crippen molar-refractivity contribution in [2.45, 2.75) is 0 Å². The normalized spacial score (nSPS) is 18.4. The summed E-state index contributed by atoms with van der Waals surface area (Å²) in [5.74, 6) is -3.95. The number of aromatic carboxylic acids is 1. The van der Waals surface area contributed by atoms with Crippen LogP contribution in [-0.2, 0) is 11.4 Å². The van der Waals surface area contributed by atoms with Crippen LogP contribution in [0.1, 0.15) is 26.3 Å². The van der Waals surface area contributed by atoms with Gasteiger partial charge in [0.05, 0.1) is 23.9 Å². The summed E-state index contributed by atoms with van der Waals surface area (Å²) in [5, 5.41) is 9.07. The average molecular weight is 363 g/mol. The number of fused-ring (bicyclic) bond motifs is 1. The predicted octanol–water partition coefficient (Wildman–Crippen LogP) is 3.00. The molecule has 0 aliphatic carbocycles. The fraction of sp³-hybridized carbons (Fsp3) is 0.0588. The van der Waals surface area contributed by atoms with E-state index in [1.165, 1.54) is 41.7 Å². The van der Waals surface area contributed by atoms with Gasteiger partial charge in [0.1, 0.15) is 11.4 Å². The highest BCUT2D eigenvalue weighted by atomic mass is 32.2. The third-order valence-corrected chi connectivity index (χ3v) is 5.10. The van der Waals surface area contributed by atoms with Crippen molar-refractivity contribution in [3.05, 3.63) is 69.6 Å². The van der Waals surface area contributed by atoms with E-state index in [1.807, 2.05) is 0 Å². The molecule has 128 valence electrons. The zero-order chi connectivity index (χ0) is 18.3. The van der Waals surface area contributed by atoms with Gasteiger partial charge in [-0.3, -0.25) is 4.79 Å². The maximum Gasteiger partial charge on any atom is 0.335 e. The number of nitrogens with zero attached hydrogens (tertiary/aromatic N) is 1. The van der Waals surface area contributed by atoms with Crippen LogP contribution in [0.5, 0.6) is 0 Å². The molecule has 0 amide bonds. The van der Waals surface area contributed by atoms with E-state index in [1.54, 1.807) is 0 Å². The number of anilines is 1. The number of allylic oxidation sites excluding steroid dienone is 1. The Morgan fingerprint density at radius 1 is 1.20 bits per heavy atom. The molecule has 1 aliphatic rings. The van der Waals surface area contributed by atoms with Crippen LogP contribution in [0.25, 0.3) is 6.08 Å². The van der Waals surface area contributed by atoms with Crippen molar-refractivity contribution in [3.8, 4) is 0 Å². The molecule has 8 heteroatoms. The van der Waals surface area contributed by atoms with E-state index in [9.17, 15) is 22.9 Å². The molecule has 0 radical (unpaired) electrons. The molecule has 1 aliphatic heterocycles. The molecule has 5 nitrogen and oxygen atoms in total. The van der Waals surface area contributed by atoms with Gasteiger partial charge >= 0.3 is 5.97 Å². The molecule has 0 saturated carbocycles. The lowest BCUT2D eigenvalue weighted by Gasteiger charge is -2.29. The number of carboxylic acid groups (broad SMARTS) is 1. The van der Waals surface area contributed by atoms with Crippen molar-refractivity contribution in [1.29, 1.82) is 0 Å². The Morgan fingerprint density at radius 3 is 2.56 bits per heavy atom. The Bertz CT molecular complexity index is 929. The number of carboxylic acids is 1. The second kappa shape index (κ2) is 6.30. The molecule has 0 spiro atoms. The van der Waals surface area contributed by atoms with Gasteiger partial charge in [0.15, 0.2) is 11.6 Å². The third-order valence-electron chi connectivity index (χ3n) is 3.73. The molecular weight excluding hydrogens is 352 g/mol. The molecule has 0 saturated heterocycles. The van der Waals surface area contributed by atoms with E-state index in [-0.39, 0.29) is 21.6 Å². The average Bonchev–Trinajstić information content (AvgIpc) is 2.59. The highest BCUT2D eigenvalue weighted by Gasteiger charge is 2.38. The lowest BCUT2D eigenvalue weighted by molar-refractivity contribution is 0.0697. The molecule has 0 bridgehead atoms. The minimum absolute atomic E-state index is 0.0795. The molecule has 25 heavy (non-hydrogen) atoms. The van der Waals surface area contributed by atoms with Crippen LogP contribution in [0.3, 0.4) is 0 Å². The van der Waals surface area contributed by atoms with Gasteiger partial charge in [-0.15, -0.1) is 0 Å². The number of halogens is 2. The number of Topliss-reactive ketones (excluding diaryl/α,β-unsaturated/α-hetero) is 1. The summed E-state index contributed by atoms with van der Waals surface area (Å²) in [6.07, 6.45) is 1.20. The minimum atomic E-state index is -1.86. The summed E-state index contributed by atoms with van der Waals surface area (Å²) < 4.78 is 40.2. The first kappa shape index (κ1) is 17.1. The van der Waals surface area contributed by atoms with E-state index in [2.05, 4.69) is 0 Å². The van der Waals surface area contributed by atoms with E-state index in [0.717, 1.165) is 12.1 Å². The maximum absolute atomic E-state index is 13.3. The monoisotopic (exact) mass is 363 g/mol. The first-order chi connectivity index (χ1) is 11.8. The molecule has 1 N–H and O–H groups in total. The van der Waals surface area contributed by atoms with Crippen molar-refractivity contribution in [3.63, 3.8) is 0 Å². The van der Waals surface area contributed by atoms with Gasteiger partial charge in [0.25, 0.3) is 0 Å². The molecule has 1 unspecified atom stereocenters. The van der Waals surface area contributed by atoms with Crippen molar-refractivity contribution >= 4 is 34.9 Å². The Kier molecular flexibility index (Phi) is 4.32. The maximum atomic E-state index is 13.3. The lowest BCUT2D eigenvalue weighted by atomic mass is 10.0. The molecule has 2 aromatic rings. The van der Waals surface area contributed by atoms with Crippen molar-refractivity contribution in [2.75, 3.05) is 11.4 Å². The van der Waals surface area contributed by atoms with Crippen LogP contribution in [-0.4, -0.2) is 28.5 Å². The van der Waals surface area contributed by atoms with Crippen molar-refractivity contribution in [2.24, 2.45) is 0 Å². The predicted molar refractivity (Wildman–Crippen MR) is 88.6 cm³/mol. The van der Waals surface area contributed by atoms with Gasteiger partial charge in [-0.1, -0.05) is 6.07 Å². The van der Waals surface area contributed by atoms with Gasteiger partial charge in [0.2, 0.25) is 10.7 Å². The van der Waals surface area contributed by atoms with Gasteiger partial charge in [-0.05, 0) is 35.9 Å². The number of benzene rings is 2. The second-order valence-electron chi connectivity index (χ2n) is 5.29. The number of hydrogen-bond donors (Lipinski definition) is 1. The number of ketones is 1. The summed E-state index contributed by atoms with van der Waals surface area (Å²) in [6, 6.07) is 6.95. The molecule has 0 aromatic heterocycles. The number of carbonyl (C=O) groups excluding carboxylic acids is 1. The van der Waals surface area contributed by atoms with E-state index in [0.29, 0.717) is 5.69 Å². The van der Waals surface area contributed by atoms with E-state index >= 15 is 0 Å². The largest absolute Gasteiger partial charge is 0.588 e. The quantitative estimate of drug-likeness (QED) is 0.655. The zero-order valence-electron chi connectivity index (χ0n) is 12.8. The zero-order valence-corrected chi connectivity index (χ0v) is 13.6. The lowest BCUT2D eigenvalue weighted by Crippen LogP contribution is -2.36. The Morgan fingerprint density at radius 2 is 1.92 bits per heavy atom. The minimum Gasteiger partial charge on any atom is -0.588 e. The van der Waals surface area contributed by atoms with E-state index < -0.39 is 34.7 Å². The van der Waals surface area contributed by atoms with Crippen LogP contribution in [0, 0.1) is 11.6 Å². The van der Waals surface area contributed by atoms with Gasteiger partial charge in [0, 0.05) is 6.08 Å². The summed E-state index contributed by atoms with van der Waals surface area (Å²) in [4.78, 5) is 23.6. The summed E-state index contributed by atoms with van der Waals surface area (Å²) in [6.45, 7) is 0. The van der Waals surface area contributed by atoms with Crippen LogP contribution in [0.15, 0.2) is 41.3 Å². The Hall–Kier alpha value is -2.71. The van der Waals surface area contributed by atoms with Crippen LogP contribution in [0.4, 0.5) is 14.5 Å². The Labute approximate surface area is 144 Å². The molecular formula is C17H11F2NO4S.